The molecule has 3 heteroatoms. The SMILES string of the molecule is Cc1cccc(C)c1-c1c[nH]c2ncc(-c3cccc(O)c3)cc12. The Labute approximate surface area is 140 Å². The minimum absolute atomic E-state index is 0.261. The Morgan fingerprint density at radius 3 is 2.42 bits per heavy atom. The molecule has 0 amide bonds. The third-order valence-corrected chi connectivity index (χ3v) is 4.46. The first-order chi connectivity index (χ1) is 11.6. The van der Waals surface area contributed by atoms with E-state index in [9.17, 15) is 5.11 Å². The van der Waals surface area contributed by atoms with Crippen LogP contribution in [-0.2, 0) is 0 Å². The number of nitrogens with zero attached hydrogens (tertiary/aromatic N) is 1. The van der Waals surface area contributed by atoms with Crippen LogP contribution in [-0.4, -0.2) is 15.1 Å². The molecule has 2 N–H and O–H groups in total. The highest BCUT2D eigenvalue weighted by Crippen LogP contribution is 2.34. The van der Waals surface area contributed by atoms with Crippen molar-refractivity contribution >= 4 is 11.0 Å². The van der Waals surface area contributed by atoms with E-state index in [1.165, 1.54) is 16.7 Å². The van der Waals surface area contributed by atoms with Gasteiger partial charge in [0.25, 0.3) is 0 Å². The minimum Gasteiger partial charge on any atom is -0.508 e. The second kappa shape index (κ2) is 5.53. The maximum absolute atomic E-state index is 9.73. The first-order valence-corrected chi connectivity index (χ1v) is 7.96. The van der Waals surface area contributed by atoms with E-state index in [-0.39, 0.29) is 5.75 Å². The van der Waals surface area contributed by atoms with Gasteiger partial charge in [0.05, 0.1) is 0 Å². The predicted octanol–water partition coefficient (Wildman–Crippen LogP) is 5.22. The van der Waals surface area contributed by atoms with Crippen LogP contribution < -0.4 is 0 Å². The number of phenolic OH excluding ortho intramolecular Hbond substituents is 1. The highest BCUT2D eigenvalue weighted by Gasteiger charge is 2.12. The summed E-state index contributed by atoms with van der Waals surface area (Å²) in [6.07, 6.45) is 3.86. The molecule has 0 unspecified atom stereocenters. The zero-order valence-corrected chi connectivity index (χ0v) is 13.7. The molecular weight excluding hydrogens is 296 g/mol. The van der Waals surface area contributed by atoms with Crippen molar-refractivity contribution in [2.45, 2.75) is 13.8 Å². The van der Waals surface area contributed by atoms with Gasteiger partial charge in [0.2, 0.25) is 0 Å². The molecule has 0 spiro atoms. The standard InChI is InChI=1S/C21H18N2O/c1-13-5-3-6-14(2)20(13)19-12-23-21-18(19)10-16(11-22-21)15-7-4-8-17(24)9-15/h3-12,24H,1-2H3,(H,22,23). The van der Waals surface area contributed by atoms with Crippen molar-refractivity contribution in [2.75, 3.05) is 0 Å². The lowest BCUT2D eigenvalue weighted by Crippen LogP contribution is -1.87. The lowest BCUT2D eigenvalue weighted by Gasteiger charge is -2.09. The van der Waals surface area contributed by atoms with Gasteiger partial charge in [-0.2, -0.15) is 0 Å². The lowest BCUT2D eigenvalue weighted by molar-refractivity contribution is 0.475. The van der Waals surface area contributed by atoms with Gasteiger partial charge in [-0.3, -0.25) is 0 Å². The van der Waals surface area contributed by atoms with E-state index >= 15 is 0 Å². The summed E-state index contributed by atoms with van der Waals surface area (Å²) in [5, 5.41) is 10.8. The predicted molar refractivity (Wildman–Crippen MR) is 98.1 cm³/mol. The lowest BCUT2D eigenvalue weighted by atomic mass is 9.95. The fourth-order valence-corrected chi connectivity index (χ4v) is 3.29. The second-order valence-electron chi connectivity index (χ2n) is 6.14. The molecule has 0 radical (unpaired) electrons. The van der Waals surface area contributed by atoms with Gasteiger partial charge in [0, 0.05) is 28.9 Å². The number of pyridine rings is 1. The van der Waals surface area contributed by atoms with Crippen molar-refractivity contribution in [1.29, 1.82) is 0 Å². The number of rotatable bonds is 2. The monoisotopic (exact) mass is 314 g/mol. The fraction of sp³-hybridized carbons (Fsp3) is 0.0952. The Balaban J connectivity index is 1.94. The number of phenols is 1. The number of fused-ring (bicyclic) bond motifs is 1. The summed E-state index contributed by atoms with van der Waals surface area (Å²) in [5.74, 6) is 0.261. The van der Waals surface area contributed by atoms with Crippen LogP contribution in [0.4, 0.5) is 0 Å². The fourth-order valence-electron chi connectivity index (χ4n) is 3.29. The van der Waals surface area contributed by atoms with Crippen LogP contribution in [0, 0.1) is 13.8 Å². The largest absolute Gasteiger partial charge is 0.508 e. The highest BCUT2D eigenvalue weighted by molar-refractivity contribution is 5.97. The molecule has 0 saturated heterocycles. The summed E-state index contributed by atoms with van der Waals surface area (Å²) in [7, 11) is 0. The number of aromatic hydroxyl groups is 1. The first-order valence-electron chi connectivity index (χ1n) is 7.96. The minimum atomic E-state index is 0.261. The summed E-state index contributed by atoms with van der Waals surface area (Å²) in [6, 6.07) is 15.7. The topological polar surface area (TPSA) is 48.9 Å². The average molecular weight is 314 g/mol. The van der Waals surface area contributed by atoms with Crippen LogP contribution in [0.3, 0.4) is 0 Å². The van der Waals surface area contributed by atoms with E-state index in [4.69, 9.17) is 0 Å². The van der Waals surface area contributed by atoms with Crippen molar-refractivity contribution in [3.8, 4) is 28.0 Å². The van der Waals surface area contributed by atoms with E-state index in [0.717, 1.165) is 27.7 Å². The smallest absolute Gasteiger partial charge is 0.137 e. The quantitative estimate of drug-likeness (QED) is 0.533. The molecule has 0 aliphatic heterocycles. The number of hydrogen-bond acceptors (Lipinski definition) is 2. The summed E-state index contributed by atoms with van der Waals surface area (Å²) >= 11 is 0. The third kappa shape index (κ3) is 2.35. The first kappa shape index (κ1) is 14.5. The molecule has 4 aromatic rings. The van der Waals surface area contributed by atoms with E-state index < -0.39 is 0 Å². The molecule has 0 aliphatic rings. The van der Waals surface area contributed by atoms with Gasteiger partial charge < -0.3 is 10.1 Å². The van der Waals surface area contributed by atoms with Crippen LogP contribution in [0.1, 0.15) is 11.1 Å². The van der Waals surface area contributed by atoms with Gasteiger partial charge in [0.1, 0.15) is 11.4 Å². The third-order valence-electron chi connectivity index (χ3n) is 4.46. The molecular formula is C21H18N2O. The Morgan fingerprint density at radius 1 is 0.917 bits per heavy atom. The summed E-state index contributed by atoms with van der Waals surface area (Å²) < 4.78 is 0. The van der Waals surface area contributed by atoms with Crippen LogP contribution in [0.25, 0.3) is 33.3 Å². The van der Waals surface area contributed by atoms with E-state index in [1.807, 2.05) is 24.5 Å². The van der Waals surface area contributed by atoms with Crippen molar-refractivity contribution < 1.29 is 5.11 Å². The molecule has 0 saturated carbocycles. The van der Waals surface area contributed by atoms with Crippen LogP contribution in [0.15, 0.2) is 60.9 Å². The summed E-state index contributed by atoms with van der Waals surface area (Å²) in [4.78, 5) is 7.83. The van der Waals surface area contributed by atoms with Gasteiger partial charge in [-0.1, -0.05) is 30.3 Å². The van der Waals surface area contributed by atoms with E-state index in [0.29, 0.717) is 0 Å². The number of aryl methyl sites for hydroxylation is 2. The molecule has 2 aromatic heterocycles. The van der Waals surface area contributed by atoms with Gasteiger partial charge in [-0.15, -0.1) is 0 Å². The molecule has 0 atom stereocenters. The number of H-pyrrole nitrogens is 1. The maximum atomic E-state index is 9.73. The Kier molecular flexibility index (Phi) is 3.35. The van der Waals surface area contributed by atoms with Crippen molar-refractivity contribution in [2.24, 2.45) is 0 Å². The second-order valence-corrected chi connectivity index (χ2v) is 6.14. The molecule has 0 fully saturated rings. The van der Waals surface area contributed by atoms with Crippen molar-refractivity contribution in [3.63, 3.8) is 0 Å². The highest BCUT2D eigenvalue weighted by atomic mass is 16.3. The molecule has 2 heterocycles. The zero-order chi connectivity index (χ0) is 16.7. The molecule has 4 rings (SSSR count). The normalized spacial score (nSPS) is 11.1. The number of nitrogens with one attached hydrogen (secondary N) is 1. The Morgan fingerprint density at radius 2 is 1.67 bits per heavy atom. The Hall–Kier alpha value is -3.07. The number of aromatic amines is 1. The van der Waals surface area contributed by atoms with Gasteiger partial charge in [-0.05, 0) is 54.3 Å². The zero-order valence-electron chi connectivity index (χ0n) is 13.7. The van der Waals surface area contributed by atoms with Crippen molar-refractivity contribution in [1.82, 2.24) is 9.97 Å². The van der Waals surface area contributed by atoms with Crippen LogP contribution in [0.5, 0.6) is 5.75 Å². The molecule has 3 nitrogen and oxygen atoms in total. The summed E-state index contributed by atoms with van der Waals surface area (Å²) in [6.45, 7) is 4.27. The van der Waals surface area contributed by atoms with Crippen LogP contribution >= 0.6 is 0 Å². The number of aromatic nitrogens is 2. The van der Waals surface area contributed by atoms with Gasteiger partial charge >= 0.3 is 0 Å². The van der Waals surface area contributed by atoms with Gasteiger partial charge in [0.15, 0.2) is 0 Å². The number of hydrogen-bond donors (Lipinski definition) is 2. The molecule has 0 aliphatic carbocycles. The van der Waals surface area contributed by atoms with E-state index in [1.54, 1.807) is 12.1 Å². The number of benzene rings is 2. The molecule has 2 aromatic carbocycles. The average Bonchev–Trinajstić information content (AvgIpc) is 2.98. The molecule has 118 valence electrons. The molecule has 24 heavy (non-hydrogen) atoms. The van der Waals surface area contributed by atoms with Gasteiger partial charge in [-0.25, -0.2) is 4.98 Å². The summed E-state index contributed by atoms with van der Waals surface area (Å²) in [5.41, 5.74) is 7.73. The maximum Gasteiger partial charge on any atom is 0.137 e. The molecule has 0 bridgehead atoms. The van der Waals surface area contributed by atoms with E-state index in [2.05, 4.69) is 48.1 Å². The van der Waals surface area contributed by atoms with Crippen LogP contribution in [0.2, 0.25) is 0 Å². The Bertz CT molecular complexity index is 1030. The van der Waals surface area contributed by atoms with Crippen molar-refractivity contribution in [3.05, 3.63) is 72.1 Å².